The van der Waals surface area contributed by atoms with Gasteiger partial charge in [0, 0.05) is 11.1 Å². The molecule has 0 amide bonds. The van der Waals surface area contributed by atoms with E-state index in [1.165, 1.54) is 16.9 Å². The minimum absolute atomic E-state index is 0.245. The van der Waals surface area contributed by atoms with Gasteiger partial charge in [-0.3, -0.25) is 0 Å². The Morgan fingerprint density at radius 2 is 1.83 bits per heavy atom. The molecule has 7 heteroatoms. The molecule has 0 bridgehead atoms. The summed E-state index contributed by atoms with van der Waals surface area (Å²) in [6.07, 6.45) is 1.66. The van der Waals surface area contributed by atoms with E-state index >= 15 is 0 Å². The predicted octanol–water partition coefficient (Wildman–Crippen LogP) is 3.18. The second kappa shape index (κ2) is 6.04. The van der Waals surface area contributed by atoms with Crippen LogP contribution in [0, 0.1) is 5.82 Å². The molecule has 4 rings (SSSR count). The van der Waals surface area contributed by atoms with Crippen LogP contribution in [0.5, 0.6) is 0 Å². The summed E-state index contributed by atoms with van der Waals surface area (Å²) >= 11 is 0. The molecule has 0 N–H and O–H groups in total. The Morgan fingerprint density at radius 3 is 2.67 bits per heavy atom. The van der Waals surface area contributed by atoms with Crippen molar-refractivity contribution < 1.29 is 8.81 Å². The lowest BCUT2D eigenvalue weighted by molar-refractivity contribution is 0.446. The molecule has 0 atom stereocenters. The van der Waals surface area contributed by atoms with Crippen LogP contribution in [0.4, 0.5) is 4.39 Å². The maximum absolute atomic E-state index is 13.3. The third kappa shape index (κ3) is 2.91. The second-order valence-corrected chi connectivity index (χ2v) is 5.14. The van der Waals surface area contributed by atoms with Gasteiger partial charge in [-0.15, -0.1) is 10.2 Å². The van der Waals surface area contributed by atoms with E-state index in [0.29, 0.717) is 23.0 Å². The Morgan fingerprint density at radius 1 is 1.00 bits per heavy atom. The maximum Gasteiger partial charge on any atom is 0.218 e. The lowest BCUT2D eigenvalue weighted by atomic mass is 10.2. The molecule has 118 valence electrons. The van der Waals surface area contributed by atoms with Crippen LogP contribution < -0.4 is 0 Å². The molecular weight excluding hydrogens is 309 g/mol. The van der Waals surface area contributed by atoms with Gasteiger partial charge in [-0.05, 0) is 17.3 Å². The van der Waals surface area contributed by atoms with Gasteiger partial charge in [0.2, 0.25) is 11.7 Å². The monoisotopic (exact) mass is 321 g/mol. The molecular formula is C17H12FN5O. The zero-order chi connectivity index (χ0) is 16.4. The fourth-order valence-electron chi connectivity index (χ4n) is 2.29. The molecule has 0 spiro atoms. The van der Waals surface area contributed by atoms with E-state index in [-0.39, 0.29) is 12.4 Å². The minimum atomic E-state index is -0.343. The number of hydrogen-bond acceptors (Lipinski definition) is 5. The maximum atomic E-state index is 13.3. The molecule has 0 unspecified atom stereocenters. The van der Waals surface area contributed by atoms with Gasteiger partial charge in [0.05, 0.1) is 6.20 Å². The molecule has 6 nitrogen and oxygen atoms in total. The molecule has 24 heavy (non-hydrogen) atoms. The number of nitrogens with zero attached hydrogens (tertiary/aromatic N) is 5. The highest BCUT2D eigenvalue weighted by Crippen LogP contribution is 2.20. The lowest BCUT2D eigenvalue weighted by Crippen LogP contribution is -2.04. The summed E-state index contributed by atoms with van der Waals surface area (Å²) in [6.45, 7) is 0.245. The van der Waals surface area contributed by atoms with Crippen LogP contribution in [0.3, 0.4) is 0 Å². The van der Waals surface area contributed by atoms with Gasteiger partial charge < -0.3 is 4.42 Å². The van der Waals surface area contributed by atoms with Crippen molar-refractivity contribution in [3.05, 3.63) is 72.5 Å². The molecule has 4 aromatic rings. The van der Waals surface area contributed by atoms with Crippen molar-refractivity contribution in [1.82, 2.24) is 25.2 Å². The summed E-state index contributed by atoms with van der Waals surface area (Å²) in [5.41, 5.74) is 1.52. The highest BCUT2D eigenvalue weighted by atomic mass is 19.1. The number of benzene rings is 2. The summed E-state index contributed by atoms with van der Waals surface area (Å²) in [4.78, 5) is 5.59. The van der Waals surface area contributed by atoms with Gasteiger partial charge in [0.25, 0.3) is 0 Å². The first-order valence-corrected chi connectivity index (χ1v) is 7.32. The summed E-state index contributed by atoms with van der Waals surface area (Å²) in [5, 5.41) is 12.1. The Balaban J connectivity index is 1.54. The first-order valence-electron chi connectivity index (χ1n) is 7.32. The van der Waals surface area contributed by atoms with Crippen molar-refractivity contribution in [2.75, 3.05) is 0 Å². The van der Waals surface area contributed by atoms with Gasteiger partial charge >= 0.3 is 0 Å². The SMILES string of the molecule is Fc1cccc(-c2nnn(Cc3ncc(-c4ccccc4)o3)n2)c1. The van der Waals surface area contributed by atoms with E-state index in [1.54, 1.807) is 18.3 Å². The van der Waals surface area contributed by atoms with Crippen LogP contribution in [0.1, 0.15) is 5.89 Å². The molecule has 0 radical (unpaired) electrons. The molecule has 2 aromatic carbocycles. The van der Waals surface area contributed by atoms with Crippen molar-refractivity contribution in [2.24, 2.45) is 0 Å². The number of aromatic nitrogens is 5. The molecule has 2 heterocycles. The average molecular weight is 321 g/mol. The van der Waals surface area contributed by atoms with E-state index < -0.39 is 0 Å². The van der Waals surface area contributed by atoms with Crippen LogP contribution in [0.15, 0.2) is 65.2 Å². The number of hydrogen-bond donors (Lipinski definition) is 0. The van der Waals surface area contributed by atoms with Gasteiger partial charge in [-0.1, -0.05) is 42.5 Å². The van der Waals surface area contributed by atoms with Crippen molar-refractivity contribution >= 4 is 0 Å². The Kier molecular flexibility index (Phi) is 3.59. The Labute approximate surface area is 136 Å². The average Bonchev–Trinajstić information content (AvgIpc) is 3.26. The van der Waals surface area contributed by atoms with Crippen LogP contribution in [-0.4, -0.2) is 25.2 Å². The second-order valence-electron chi connectivity index (χ2n) is 5.14. The van der Waals surface area contributed by atoms with Gasteiger partial charge in [-0.2, -0.15) is 4.80 Å². The van der Waals surface area contributed by atoms with E-state index in [9.17, 15) is 4.39 Å². The zero-order valence-electron chi connectivity index (χ0n) is 12.5. The first kappa shape index (κ1) is 14.3. The highest BCUT2D eigenvalue weighted by Gasteiger charge is 2.11. The normalized spacial score (nSPS) is 10.9. The van der Waals surface area contributed by atoms with Crippen molar-refractivity contribution in [1.29, 1.82) is 0 Å². The number of rotatable bonds is 4. The van der Waals surface area contributed by atoms with Crippen LogP contribution in [0.2, 0.25) is 0 Å². The smallest absolute Gasteiger partial charge is 0.218 e. The van der Waals surface area contributed by atoms with Gasteiger partial charge in [-0.25, -0.2) is 9.37 Å². The molecule has 0 fully saturated rings. The molecule has 0 aliphatic rings. The molecule has 2 aromatic heterocycles. The van der Waals surface area contributed by atoms with E-state index in [2.05, 4.69) is 20.4 Å². The van der Waals surface area contributed by atoms with E-state index in [0.717, 1.165) is 5.56 Å². The third-order valence-corrected chi connectivity index (χ3v) is 3.42. The molecule has 0 saturated carbocycles. The fraction of sp³-hybridized carbons (Fsp3) is 0.0588. The molecule has 0 saturated heterocycles. The molecule has 0 aliphatic heterocycles. The van der Waals surface area contributed by atoms with Crippen LogP contribution >= 0.6 is 0 Å². The summed E-state index contributed by atoms with van der Waals surface area (Å²) in [7, 11) is 0. The highest BCUT2D eigenvalue weighted by molar-refractivity contribution is 5.55. The van der Waals surface area contributed by atoms with Gasteiger partial charge in [0.1, 0.15) is 12.4 Å². The van der Waals surface area contributed by atoms with Crippen molar-refractivity contribution in [3.8, 4) is 22.7 Å². The number of halogens is 1. The van der Waals surface area contributed by atoms with Crippen LogP contribution in [-0.2, 0) is 6.54 Å². The Bertz CT molecular complexity index is 964. The largest absolute Gasteiger partial charge is 0.439 e. The minimum Gasteiger partial charge on any atom is -0.439 e. The summed E-state index contributed by atoms with van der Waals surface area (Å²) in [6, 6.07) is 15.7. The fourth-order valence-corrected chi connectivity index (χ4v) is 2.29. The lowest BCUT2D eigenvalue weighted by Gasteiger charge is -1.96. The molecule has 0 aliphatic carbocycles. The zero-order valence-corrected chi connectivity index (χ0v) is 12.5. The quantitative estimate of drug-likeness (QED) is 0.577. The predicted molar refractivity (Wildman–Crippen MR) is 84.3 cm³/mol. The summed E-state index contributed by atoms with van der Waals surface area (Å²) < 4.78 is 19.0. The first-order chi connectivity index (χ1) is 11.8. The van der Waals surface area contributed by atoms with Crippen molar-refractivity contribution in [3.63, 3.8) is 0 Å². The van der Waals surface area contributed by atoms with Crippen LogP contribution in [0.25, 0.3) is 22.7 Å². The standard InChI is InChI=1S/C17H12FN5O/c18-14-8-4-7-13(9-14)17-20-22-23(21-17)11-16-19-10-15(24-16)12-5-2-1-3-6-12/h1-10H,11H2. The van der Waals surface area contributed by atoms with E-state index in [4.69, 9.17) is 4.42 Å². The number of oxazole rings is 1. The number of tetrazole rings is 1. The third-order valence-electron chi connectivity index (χ3n) is 3.42. The van der Waals surface area contributed by atoms with Crippen molar-refractivity contribution in [2.45, 2.75) is 6.54 Å². The van der Waals surface area contributed by atoms with E-state index in [1.807, 2.05) is 30.3 Å². The summed E-state index contributed by atoms with van der Waals surface area (Å²) in [5.74, 6) is 1.15. The topological polar surface area (TPSA) is 69.6 Å². The Hall–Kier alpha value is -3.35. The van der Waals surface area contributed by atoms with Gasteiger partial charge in [0.15, 0.2) is 5.76 Å².